The van der Waals surface area contributed by atoms with Crippen LogP contribution in [0, 0.1) is 5.82 Å². The van der Waals surface area contributed by atoms with Gasteiger partial charge in [0.2, 0.25) is 5.91 Å². The summed E-state index contributed by atoms with van der Waals surface area (Å²) < 4.78 is 53.8. The summed E-state index contributed by atoms with van der Waals surface area (Å²) in [5.74, 6) is -0.955. The maximum absolute atomic E-state index is 13.4. The molecule has 1 N–H and O–H groups in total. The molecule has 198 valence electrons. The lowest BCUT2D eigenvalue weighted by Crippen LogP contribution is -2.25. The van der Waals surface area contributed by atoms with Crippen LogP contribution >= 0.6 is 27.7 Å². The number of halogens is 5. The number of carbonyl (C=O) groups excluding carboxylic acids is 1. The molecule has 0 saturated carbocycles. The summed E-state index contributed by atoms with van der Waals surface area (Å²) in [5, 5.41) is 7.95. The molecule has 5 aromatic rings. The largest absolute Gasteiger partial charge is 0.416 e. The van der Waals surface area contributed by atoms with Gasteiger partial charge in [0.25, 0.3) is 5.56 Å². The van der Waals surface area contributed by atoms with Crippen molar-refractivity contribution in [1.82, 2.24) is 24.9 Å². The van der Waals surface area contributed by atoms with Crippen molar-refractivity contribution in [1.29, 1.82) is 0 Å². The van der Waals surface area contributed by atoms with Crippen LogP contribution in [0.15, 0.2) is 81.2 Å². The molecule has 3 aromatic carbocycles. The fourth-order valence-corrected chi connectivity index (χ4v) is 4.83. The number of hydrogen-bond acceptors (Lipinski definition) is 6. The van der Waals surface area contributed by atoms with E-state index in [9.17, 15) is 27.2 Å². The predicted octanol–water partition coefficient (Wildman–Crippen LogP) is 5.63. The molecule has 0 saturated heterocycles. The van der Waals surface area contributed by atoms with Crippen LogP contribution in [-0.2, 0) is 17.5 Å². The summed E-state index contributed by atoms with van der Waals surface area (Å²) in [6.07, 6.45) is -4.44. The van der Waals surface area contributed by atoms with Crippen LogP contribution in [0.1, 0.15) is 11.1 Å². The van der Waals surface area contributed by atoms with Crippen LogP contribution in [0.5, 0.6) is 0 Å². The molecule has 7 nitrogen and oxygen atoms in total. The first-order valence-corrected chi connectivity index (χ1v) is 13.1. The standard InChI is InChI=1S/C26H16BrF4N5O2S/c27-17-7-10-19-20(11-17)33-25(36-23(19)34-24(38)22(35-36)15-3-8-18(28)9-4-15)39-13-21(37)32-12-14-1-5-16(6-2-14)26(29,30)31/h1-11H,12-13H2,(H,32,37). The van der Waals surface area contributed by atoms with E-state index in [0.29, 0.717) is 22.0 Å². The Morgan fingerprint density at radius 3 is 2.41 bits per heavy atom. The van der Waals surface area contributed by atoms with Gasteiger partial charge in [-0.1, -0.05) is 39.8 Å². The molecule has 0 spiro atoms. The minimum absolute atomic E-state index is 0.0145. The lowest BCUT2D eigenvalue weighted by Gasteiger charge is -2.12. The highest BCUT2D eigenvalue weighted by Gasteiger charge is 2.29. The lowest BCUT2D eigenvalue weighted by atomic mass is 10.1. The maximum atomic E-state index is 13.4. The molecule has 2 heterocycles. The molecule has 0 aliphatic carbocycles. The second-order valence-corrected chi connectivity index (χ2v) is 10.2. The van der Waals surface area contributed by atoms with Crippen LogP contribution in [0.2, 0.25) is 0 Å². The molecule has 0 aliphatic heterocycles. The Bertz CT molecular complexity index is 1760. The van der Waals surface area contributed by atoms with E-state index < -0.39 is 29.0 Å². The Morgan fingerprint density at radius 1 is 1.00 bits per heavy atom. The average molecular weight is 618 g/mol. The van der Waals surface area contributed by atoms with E-state index in [4.69, 9.17) is 0 Å². The van der Waals surface area contributed by atoms with Gasteiger partial charge in [0.05, 0.1) is 16.8 Å². The minimum Gasteiger partial charge on any atom is -0.351 e. The molecular formula is C26H16BrF4N5O2S. The van der Waals surface area contributed by atoms with E-state index >= 15 is 0 Å². The van der Waals surface area contributed by atoms with Crippen molar-refractivity contribution in [3.8, 4) is 11.3 Å². The van der Waals surface area contributed by atoms with Gasteiger partial charge in [-0.05, 0) is 60.2 Å². The van der Waals surface area contributed by atoms with Crippen molar-refractivity contribution in [2.75, 3.05) is 5.75 Å². The number of benzene rings is 3. The van der Waals surface area contributed by atoms with Gasteiger partial charge in [-0.25, -0.2) is 9.37 Å². The zero-order chi connectivity index (χ0) is 27.7. The summed E-state index contributed by atoms with van der Waals surface area (Å²) in [4.78, 5) is 34.3. The molecule has 0 radical (unpaired) electrons. The number of amides is 1. The Morgan fingerprint density at radius 2 is 1.72 bits per heavy atom. The van der Waals surface area contributed by atoms with Gasteiger partial charge in [0.1, 0.15) is 5.82 Å². The van der Waals surface area contributed by atoms with E-state index in [1.54, 1.807) is 18.2 Å². The second-order valence-electron chi connectivity index (χ2n) is 8.32. The number of alkyl halides is 3. The first-order chi connectivity index (χ1) is 18.6. The third-order valence-electron chi connectivity index (χ3n) is 5.63. The van der Waals surface area contributed by atoms with Crippen molar-refractivity contribution in [2.45, 2.75) is 17.9 Å². The van der Waals surface area contributed by atoms with E-state index in [2.05, 4.69) is 36.3 Å². The third kappa shape index (κ3) is 5.93. The molecule has 2 aromatic heterocycles. The molecule has 0 bridgehead atoms. The van der Waals surface area contributed by atoms with E-state index in [-0.39, 0.29) is 28.8 Å². The van der Waals surface area contributed by atoms with Crippen LogP contribution in [0.25, 0.3) is 27.8 Å². The minimum atomic E-state index is -4.44. The number of nitrogens with one attached hydrogen (secondary N) is 1. The predicted molar refractivity (Wildman–Crippen MR) is 142 cm³/mol. The normalized spacial score (nSPS) is 11.7. The van der Waals surface area contributed by atoms with Gasteiger partial charge in [-0.15, -0.1) is 0 Å². The highest BCUT2D eigenvalue weighted by molar-refractivity contribution is 9.10. The molecule has 39 heavy (non-hydrogen) atoms. The molecule has 0 atom stereocenters. The third-order valence-corrected chi connectivity index (χ3v) is 7.05. The maximum Gasteiger partial charge on any atom is 0.416 e. The first kappa shape index (κ1) is 26.8. The zero-order valence-electron chi connectivity index (χ0n) is 19.7. The number of fused-ring (bicyclic) bond motifs is 3. The van der Waals surface area contributed by atoms with Crippen molar-refractivity contribution in [3.05, 3.63) is 98.5 Å². The quantitative estimate of drug-likeness (QED) is 0.115. The zero-order valence-corrected chi connectivity index (χ0v) is 22.1. The lowest BCUT2D eigenvalue weighted by molar-refractivity contribution is -0.137. The van der Waals surface area contributed by atoms with Crippen molar-refractivity contribution < 1.29 is 22.4 Å². The van der Waals surface area contributed by atoms with Gasteiger partial charge >= 0.3 is 6.18 Å². The molecular weight excluding hydrogens is 602 g/mol. The molecule has 5 rings (SSSR count). The van der Waals surface area contributed by atoms with E-state index in [0.717, 1.165) is 28.4 Å². The fourth-order valence-electron chi connectivity index (χ4n) is 3.71. The van der Waals surface area contributed by atoms with Gasteiger partial charge in [-0.2, -0.15) is 27.8 Å². The topological polar surface area (TPSA) is 89.2 Å². The van der Waals surface area contributed by atoms with Crippen molar-refractivity contribution in [2.24, 2.45) is 0 Å². The number of nitrogens with zero attached hydrogens (tertiary/aromatic N) is 4. The highest BCUT2D eigenvalue weighted by atomic mass is 79.9. The summed E-state index contributed by atoms with van der Waals surface area (Å²) >= 11 is 4.44. The monoisotopic (exact) mass is 617 g/mol. The number of aromatic nitrogens is 4. The van der Waals surface area contributed by atoms with E-state index in [1.807, 2.05) is 0 Å². The SMILES string of the molecule is O=C(CSc1nc2cc(Br)ccc2c2nc(=O)c(-c3ccc(F)cc3)nn12)NCc1ccc(C(F)(F)F)cc1. The Labute approximate surface area is 230 Å². The van der Waals surface area contributed by atoms with Gasteiger partial charge in [0.15, 0.2) is 16.5 Å². The first-order valence-electron chi connectivity index (χ1n) is 11.3. The molecule has 0 unspecified atom stereocenters. The van der Waals surface area contributed by atoms with Crippen LogP contribution < -0.4 is 10.9 Å². The fraction of sp³-hybridized carbons (Fsp3) is 0.115. The van der Waals surface area contributed by atoms with Crippen molar-refractivity contribution in [3.63, 3.8) is 0 Å². The number of carbonyl (C=O) groups is 1. The molecule has 13 heteroatoms. The summed E-state index contributed by atoms with van der Waals surface area (Å²) in [7, 11) is 0. The van der Waals surface area contributed by atoms with Crippen molar-refractivity contribution >= 4 is 50.1 Å². The van der Waals surface area contributed by atoms with Crippen LogP contribution in [0.3, 0.4) is 0 Å². The van der Waals surface area contributed by atoms with E-state index in [1.165, 1.54) is 40.9 Å². The summed E-state index contributed by atoms with van der Waals surface area (Å²) in [6.45, 7) is 0.0393. The van der Waals surface area contributed by atoms with Gasteiger partial charge in [-0.3, -0.25) is 9.59 Å². The number of thioether (sulfide) groups is 1. The highest BCUT2D eigenvalue weighted by Crippen LogP contribution is 2.29. The Balaban J connectivity index is 1.42. The number of hydrogen-bond donors (Lipinski definition) is 1. The van der Waals surface area contributed by atoms with Crippen LogP contribution in [-0.4, -0.2) is 31.2 Å². The second kappa shape index (κ2) is 10.7. The van der Waals surface area contributed by atoms with Gasteiger partial charge < -0.3 is 5.32 Å². The molecule has 1 amide bonds. The molecule has 0 aliphatic rings. The van der Waals surface area contributed by atoms with Gasteiger partial charge in [0, 0.05) is 22.0 Å². The summed E-state index contributed by atoms with van der Waals surface area (Å²) in [5.41, 5.74) is 0.225. The van der Waals surface area contributed by atoms with Crippen LogP contribution in [0.4, 0.5) is 17.6 Å². The Kier molecular flexibility index (Phi) is 7.36. The Hall–Kier alpha value is -3.84. The molecule has 0 fully saturated rings. The smallest absolute Gasteiger partial charge is 0.351 e. The number of rotatable bonds is 6. The summed E-state index contributed by atoms with van der Waals surface area (Å²) in [6, 6.07) is 15.0. The average Bonchev–Trinajstić information content (AvgIpc) is 2.90.